The van der Waals surface area contributed by atoms with Crippen LogP contribution in [0.15, 0.2) is 18.2 Å². The lowest BCUT2D eigenvalue weighted by Gasteiger charge is -2.13. The molecule has 0 bridgehead atoms. The van der Waals surface area contributed by atoms with Crippen LogP contribution in [0.4, 0.5) is 0 Å². The molecule has 1 aliphatic heterocycles. The van der Waals surface area contributed by atoms with E-state index in [1.807, 2.05) is 17.7 Å². The molecule has 0 N–H and O–H groups in total. The van der Waals surface area contributed by atoms with Gasteiger partial charge in [-0.15, -0.1) is 0 Å². The largest absolute Gasteiger partial charge is 0.461 e. The molecule has 0 amide bonds. The zero-order valence-corrected chi connectivity index (χ0v) is 9.41. The quantitative estimate of drug-likeness (QED) is 0.631. The number of hydrogen-bond acceptors (Lipinski definition) is 2. The summed E-state index contributed by atoms with van der Waals surface area (Å²) in [7, 11) is 1.93. The van der Waals surface area contributed by atoms with Gasteiger partial charge in [-0.3, -0.25) is 0 Å². The third-order valence-electron chi connectivity index (χ3n) is 3.30. The van der Waals surface area contributed by atoms with Gasteiger partial charge in [0.15, 0.2) is 0 Å². The van der Waals surface area contributed by atoms with Crippen LogP contribution in [0.1, 0.15) is 21.6 Å². The third kappa shape index (κ3) is 1.06. The van der Waals surface area contributed by atoms with E-state index >= 15 is 0 Å². The molecule has 0 aliphatic carbocycles. The molecule has 0 saturated carbocycles. The van der Waals surface area contributed by atoms with Crippen LogP contribution in [0.2, 0.25) is 0 Å². The van der Waals surface area contributed by atoms with Gasteiger partial charge >= 0.3 is 5.97 Å². The minimum absolute atomic E-state index is 0.195. The number of carbonyl (C=O) groups is 1. The summed E-state index contributed by atoms with van der Waals surface area (Å²) in [4.78, 5) is 11.7. The molecule has 1 aromatic carbocycles. The number of benzene rings is 1. The maximum atomic E-state index is 11.7. The first-order chi connectivity index (χ1) is 7.70. The van der Waals surface area contributed by atoms with Gasteiger partial charge in [-0.1, -0.05) is 18.2 Å². The van der Waals surface area contributed by atoms with Crippen LogP contribution in [0.3, 0.4) is 0 Å². The minimum atomic E-state index is -0.195. The Balaban J connectivity index is 2.48. The maximum Gasteiger partial charge on any atom is 0.355 e. The van der Waals surface area contributed by atoms with E-state index in [9.17, 15) is 4.79 Å². The van der Waals surface area contributed by atoms with E-state index < -0.39 is 0 Å². The van der Waals surface area contributed by atoms with Crippen LogP contribution in [0.25, 0.3) is 10.9 Å². The summed E-state index contributed by atoms with van der Waals surface area (Å²) in [5, 5.41) is 1.19. The standard InChI is InChI=1S/C13H13NO2/c1-8-4-3-5-9-10-6-7-16-13(15)12(10)14(2)11(8)9/h3-5H,6-7H2,1-2H3. The first-order valence-corrected chi connectivity index (χ1v) is 5.44. The number of fused-ring (bicyclic) bond motifs is 3. The van der Waals surface area contributed by atoms with Crippen molar-refractivity contribution in [3.8, 4) is 0 Å². The minimum Gasteiger partial charge on any atom is -0.461 e. The van der Waals surface area contributed by atoms with Crippen LogP contribution in [0.5, 0.6) is 0 Å². The van der Waals surface area contributed by atoms with Gasteiger partial charge in [0.2, 0.25) is 0 Å². The molecular formula is C13H13NO2. The highest BCUT2D eigenvalue weighted by molar-refractivity contribution is 6.00. The van der Waals surface area contributed by atoms with Crippen LogP contribution in [-0.4, -0.2) is 17.1 Å². The molecule has 0 atom stereocenters. The molecule has 3 heteroatoms. The Morgan fingerprint density at radius 3 is 3.00 bits per heavy atom. The fraction of sp³-hybridized carbons (Fsp3) is 0.308. The molecule has 3 rings (SSSR count). The van der Waals surface area contributed by atoms with E-state index in [1.54, 1.807) is 0 Å². The topological polar surface area (TPSA) is 31.2 Å². The lowest BCUT2D eigenvalue weighted by molar-refractivity contribution is 0.0469. The summed E-state index contributed by atoms with van der Waals surface area (Å²) in [6, 6.07) is 6.19. The molecular weight excluding hydrogens is 202 g/mol. The highest BCUT2D eigenvalue weighted by Crippen LogP contribution is 2.30. The molecule has 0 fully saturated rings. The third-order valence-corrected chi connectivity index (χ3v) is 3.30. The average Bonchev–Trinajstić information content (AvgIpc) is 2.56. The van der Waals surface area contributed by atoms with Crippen molar-refractivity contribution in [2.24, 2.45) is 7.05 Å². The number of carbonyl (C=O) groups excluding carboxylic acids is 1. The second-order valence-electron chi connectivity index (χ2n) is 4.24. The molecule has 2 heterocycles. The number of esters is 1. The SMILES string of the molecule is Cc1cccc2c3c(n(C)c12)C(=O)OCC3. The fourth-order valence-corrected chi connectivity index (χ4v) is 2.62. The van der Waals surface area contributed by atoms with Crippen molar-refractivity contribution in [2.45, 2.75) is 13.3 Å². The van der Waals surface area contributed by atoms with Crippen LogP contribution < -0.4 is 0 Å². The zero-order chi connectivity index (χ0) is 11.3. The van der Waals surface area contributed by atoms with Crippen molar-refractivity contribution >= 4 is 16.9 Å². The summed E-state index contributed by atoms with van der Waals surface area (Å²) in [6.07, 6.45) is 0.821. The molecule has 82 valence electrons. The number of para-hydroxylation sites is 1. The van der Waals surface area contributed by atoms with Crippen LogP contribution in [0, 0.1) is 6.92 Å². The van der Waals surface area contributed by atoms with Gasteiger partial charge in [0.25, 0.3) is 0 Å². The summed E-state index contributed by atoms with van der Waals surface area (Å²) < 4.78 is 7.05. The monoisotopic (exact) mass is 215 g/mol. The second-order valence-corrected chi connectivity index (χ2v) is 4.24. The summed E-state index contributed by atoms with van der Waals surface area (Å²) in [5.41, 5.74) is 4.20. The predicted octanol–water partition coefficient (Wildman–Crippen LogP) is 2.20. The fourth-order valence-electron chi connectivity index (χ4n) is 2.62. The molecule has 16 heavy (non-hydrogen) atoms. The smallest absolute Gasteiger partial charge is 0.355 e. The van der Waals surface area contributed by atoms with Crippen molar-refractivity contribution < 1.29 is 9.53 Å². The normalized spacial score (nSPS) is 15.0. The molecule has 0 spiro atoms. The highest BCUT2D eigenvalue weighted by Gasteiger charge is 2.26. The molecule has 2 aromatic rings. The van der Waals surface area contributed by atoms with E-state index in [-0.39, 0.29) is 5.97 Å². The molecule has 1 aliphatic rings. The molecule has 0 unspecified atom stereocenters. The molecule has 3 nitrogen and oxygen atoms in total. The Hall–Kier alpha value is -1.77. The predicted molar refractivity (Wildman–Crippen MR) is 61.6 cm³/mol. The van der Waals surface area contributed by atoms with E-state index in [4.69, 9.17) is 4.74 Å². The average molecular weight is 215 g/mol. The number of ether oxygens (including phenoxy) is 1. The highest BCUT2D eigenvalue weighted by atomic mass is 16.5. The van der Waals surface area contributed by atoms with Gasteiger partial charge in [-0.2, -0.15) is 0 Å². The number of aromatic nitrogens is 1. The summed E-state index contributed by atoms with van der Waals surface area (Å²) in [6.45, 7) is 2.57. The van der Waals surface area contributed by atoms with E-state index in [0.29, 0.717) is 6.61 Å². The Labute approximate surface area is 93.6 Å². The first kappa shape index (κ1) is 9.46. The van der Waals surface area contributed by atoms with Gasteiger partial charge in [-0.05, 0) is 18.1 Å². The van der Waals surface area contributed by atoms with Crippen molar-refractivity contribution in [1.82, 2.24) is 4.57 Å². The molecule has 0 radical (unpaired) electrons. The number of cyclic esters (lactones) is 1. The lowest BCUT2D eigenvalue weighted by atomic mass is 10.0. The number of rotatable bonds is 0. The van der Waals surface area contributed by atoms with Gasteiger partial charge in [0, 0.05) is 18.9 Å². The van der Waals surface area contributed by atoms with Crippen molar-refractivity contribution in [1.29, 1.82) is 0 Å². The van der Waals surface area contributed by atoms with Crippen LogP contribution in [-0.2, 0) is 18.2 Å². The summed E-state index contributed by atoms with van der Waals surface area (Å²) >= 11 is 0. The van der Waals surface area contributed by atoms with Crippen molar-refractivity contribution in [2.75, 3.05) is 6.61 Å². The second kappa shape index (κ2) is 3.11. The maximum absolute atomic E-state index is 11.7. The molecule has 1 aromatic heterocycles. The van der Waals surface area contributed by atoms with Crippen molar-refractivity contribution in [3.63, 3.8) is 0 Å². The Morgan fingerprint density at radius 2 is 2.19 bits per heavy atom. The first-order valence-electron chi connectivity index (χ1n) is 5.44. The van der Waals surface area contributed by atoms with Gasteiger partial charge in [0.05, 0.1) is 12.1 Å². The lowest BCUT2D eigenvalue weighted by Crippen LogP contribution is -2.19. The Morgan fingerprint density at radius 1 is 1.38 bits per heavy atom. The Kier molecular flexibility index (Phi) is 1.84. The molecule has 0 saturated heterocycles. The van der Waals surface area contributed by atoms with E-state index in [1.165, 1.54) is 10.9 Å². The van der Waals surface area contributed by atoms with Crippen molar-refractivity contribution in [3.05, 3.63) is 35.0 Å². The van der Waals surface area contributed by atoms with Gasteiger partial charge in [-0.25, -0.2) is 4.79 Å². The van der Waals surface area contributed by atoms with E-state index in [2.05, 4.69) is 19.1 Å². The van der Waals surface area contributed by atoms with E-state index in [0.717, 1.165) is 23.2 Å². The number of hydrogen-bond donors (Lipinski definition) is 0. The van der Waals surface area contributed by atoms with Crippen LogP contribution >= 0.6 is 0 Å². The van der Waals surface area contributed by atoms with Gasteiger partial charge < -0.3 is 9.30 Å². The zero-order valence-electron chi connectivity index (χ0n) is 9.41. The number of aryl methyl sites for hydroxylation is 2. The Bertz CT molecular complexity index is 595. The van der Waals surface area contributed by atoms with Gasteiger partial charge in [0.1, 0.15) is 5.69 Å². The number of nitrogens with zero attached hydrogens (tertiary/aromatic N) is 1. The summed E-state index contributed by atoms with van der Waals surface area (Å²) in [5.74, 6) is -0.195.